The van der Waals surface area contributed by atoms with Crippen LogP contribution in [0, 0.1) is 23.7 Å². The molecule has 0 aromatic rings. The molecule has 2 saturated carbocycles. The van der Waals surface area contributed by atoms with Gasteiger partial charge in [0.1, 0.15) is 0 Å². The molecule has 6 heteroatoms. The van der Waals surface area contributed by atoms with Gasteiger partial charge in [0.25, 0.3) is 0 Å². The highest BCUT2D eigenvalue weighted by Gasteiger charge is 2.44. The third kappa shape index (κ3) is 8.40. The molecule has 6 nitrogen and oxygen atoms in total. The molecule has 2 aliphatic rings. The largest absolute Gasteiger partial charge is 0.384 e. The van der Waals surface area contributed by atoms with Crippen LogP contribution in [0.1, 0.15) is 25.7 Å². The summed E-state index contributed by atoms with van der Waals surface area (Å²) in [6.45, 7) is 12.4. The van der Waals surface area contributed by atoms with Crippen molar-refractivity contribution in [3.8, 4) is 0 Å². The summed E-state index contributed by atoms with van der Waals surface area (Å²) < 4.78 is 34.5. The lowest BCUT2D eigenvalue weighted by Gasteiger charge is -2.48. The lowest BCUT2D eigenvalue weighted by atomic mass is 9.62. The molecule has 2 aliphatic carbocycles. The molecule has 0 spiro atoms. The standard InChI is InChI=1S/C24H42O6/c1-5-7-27-9-11-29-23-15-19-13-21(17-25-3)22(18-26-4)14-20(19)16-24(23)30-12-10-28-8-6-2/h5-6,19-24H,1-2,7-18H2,3-4H3/t19-,20+,21-,22-,23-,24-/m1/s1. The van der Waals surface area contributed by atoms with Crippen molar-refractivity contribution in [2.75, 3.05) is 67.1 Å². The second-order valence-electron chi connectivity index (χ2n) is 8.44. The summed E-state index contributed by atoms with van der Waals surface area (Å²) in [7, 11) is 3.59. The lowest BCUT2D eigenvalue weighted by molar-refractivity contribution is -0.142. The van der Waals surface area contributed by atoms with Crippen LogP contribution >= 0.6 is 0 Å². The van der Waals surface area contributed by atoms with Crippen LogP contribution in [0.5, 0.6) is 0 Å². The average molecular weight is 427 g/mol. The molecule has 0 aromatic carbocycles. The number of fused-ring (bicyclic) bond motifs is 1. The van der Waals surface area contributed by atoms with Crippen molar-refractivity contribution in [1.82, 2.24) is 0 Å². The van der Waals surface area contributed by atoms with E-state index in [9.17, 15) is 0 Å². The number of rotatable bonds is 16. The second-order valence-corrected chi connectivity index (χ2v) is 8.44. The van der Waals surface area contributed by atoms with Crippen molar-refractivity contribution in [3.63, 3.8) is 0 Å². The van der Waals surface area contributed by atoms with E-state index in [1.807, 2.05) is 0 Å². The molecule has 0 unspecified atom stereocenters. The first kappa shape index (κ1) is 25.5. The fourth-order valence-electron chi connectivity index (χ4n) is 5.06. The Kier molecular flexibility index (Phi) is 12.8. The minimum Gasteiger partial charge on any atom is -0.384 e. The van der Waals surface area contributed by atoms with Crippen molar-refractivity contribution in [3.05, 3.63) is 25.3 Å². The Hall–Kier alpha value is -0.760. The summed E-state index contributed by atoms with van der Waals surface area (Å²) in [6.07, 6.45) is 8.13. The summed E-state index contributed by atoms with van der Waals surface area (Å²) in [4.78, 5) is 0. The highest BCUT2D eigenvalue weighted by molar-refractivity contribution is 4.94. The summed E-state index contributed by atoms with van der Waals surface area (Å²) in [5, 5.41) is 0. The van der Waals surface area contributed by atoms with Crippen LogP contribution in [0.15, 0.2) is 25.3 Å². The average Bonchev–Trinajstić information content (AvgIpc) is 2.74. The molecular weight excluding hydrogens is 384 g/mol. The normalized spacial score (nSPS) is 31.3. The van der Waals surface area contributed by atoms with Gasteiger partial charge in [0.05, 0.1) is 51.8 Å². The molecule has 6 atom stereocenters. The van der Waals surface area contributed by atoms with E-state index in [4.69, 9.17) is 28.4 Å². The summed E-state index contributed by atoms with van der Waals surface area (Å²) in [6, 6.07) is 0. The molecule has 2 rings (SSSR count). The van der Waals surface area contributed by atoms with Crippen molar-refractivity contribution < 1.29 is 28.4 Å². The van der Waals surface area contributed by atoms with E-state index in [-0.39, 0.29) is 12.2 Å². The second kappa shape index (κ2) is 15.1. The first-order chi connectivity index (χ1) is 14.7. The Morgan fingerprint density at radius 2 is 1.10 bits per heavy atom. The van der Waals surface area contributed by atoms with E-state index in [1.54, 1.807) is 26.4 Å². The Morgan fingerprint density at radius 1 is 0.667 bits per heavy atom. The molecule has 0 amide bonds. The molecule has 0 heterocycles. The van der Waals surface area contributed by atoms with E-state index in [1.165, 1.54) is 12.8 Å². The first-order valence-corrected chi connectivity index (χ1v) is 11.3. The van der Waals surface area contributed by atoms with Gasteiger partial charge in [-0.2, -0.15) is 0 Å². The Morgan fingerprint density at radius 3 is 1.47 bits per heavy atom. The SMILES string of the molecule is C=CCOCCO[C@@H]1C[C@H]2C[C@H](COC)[C@@H](COC)C[C@H]2C[C@H]1OCCOCC=C. The van der Waals surface area contributed by atoms with Gasteiger partial charge in [0.15, 0.2) is 0 Å². The van der Waals surface area contributed by atoms with Crippen LogP contribution < -0.4 is 0 Å². The minimum absolute atomic E-state index is 0.0974. The third-order valence-electron chi connectivity index (χ3n) is 6.38. The van der Waals surface area contributed by atoms with E-state index >= 15 is 0 Å². The molecule has 0 aromatic heterocycles. The number of hydrogen-bond donors (Lipinski definition) is 0. The number of ether oxygens (including phenoxy) is 6. The van der Waals surface area contributed by atoms with Gasteiger partial charge >= 0.3 is 0 Å². The fourth-order valence-corrected chi connectivity index (χ4v) is 5.06. The quantitative estimate of drug-likeness (QED) is 0.278. The van der Waals surface area contributed by atoms with Crippen LogP contribution in [-0.2, 0) is 28.4 Å². The van der Waals surface area contributed by atoms with Crippen molar-refractivity contribution in [2.24, 2.45) is 23.7 Å². The molecule has 0 radical (unpaired) electrons. The molecule has 30 heavy (non-hydrogen) atoms. The molecule has 0 aliphatic heterocycles. The Balaban J connectivity index is 1.93. The van der Waals surface area contributed by atoms with Gasteiger partial charge in [-0.25, -0.2) is 0 Å². The van der Waals surface area contributed by atoms with Crippen molar-refractivity contribution >= 4 is 0 Å². The number of hydrogen-bond acceptors (Lipinski definition) is 6. The molecule has 174 valence electrons. The zero-order chi connectivity index (χ0) is 21.6. The molecule has 0 bridgehead atoms. The van der Waals surface area contributed by atoms with Crippen LogP contribution in [0.3, 0.4) is 0 Å². The van der Waals surface area contributed by atoms with Gasteiger partial charge < -0.3 is 28.4 Å². The van der Waals surface area contributed by atoms with E-state index < -0.39 is 0 Å². The maximum atomic E-state index is 6.24. The maximum absolute atomic E-state index is 6.24. The maximum Gasteiger partial charge on any atom is 0.0840 e. The lowest BCUT2D eigenvalue weighted by Crippen LogP contribution is -2.47. The van der Waals surface area contributed by atoms with E-state index in [0.717, 1.165) is 26.1 Å². The topological polar surface area (TPSA) is 55.4 Å². The van der Waals surface area contributed by atoms with Gasteiger partial charge in [-0.15, -0.1) is 13.2 Å². The van der Waals surface area contributed by atoms with E-state index in [0.29, 0.717) is 63.3 Å². The van der Waals surface area contributed by atoms with Gasteiger partial charge in [0.2, 0.25) is 0 Å². The molecule has 0 N–H and O–H groups in total. The smallest absolute Gasteiger partial charge is 0.0840 e. The van der Waals surface area contributed by atoms with Crippen LogP contribution in [-0.4, -0.2) is 79.3 Å². The molecule has 0 saturated heterocycles. The van der Waals surface area contributed by atoms with Gasteiger partial charge in [-0.05, 0) is 49.4 Å². The predicted octanol–water partition coefficient (Wildman–Crippen LogP) is 3.51. The number of methoxy groups -OCH3 is 2. The summed E-state index contributed by atoms with van der Waals surface area (Å²) >= 11 is 0. The molecule has 2 fully saturated rings. The Bertz CT molecular complexity index is 429. The van der Waals surface area contributed by atoms with E-state index in [2.05, 4.69) is 13.2 Å². The van der Waals surface area contributed by atoms with Crippen LogP contribution in [0.4, 0.5) is 0 Å². The zero-order valence-electron chi connectivity index (χ0n) is 19.0. The minimum atomic E-state index is 0.0974. The van der Waals surface area contributed by atoms with Crippen LogP contribution in [0.2, 0.25) is 0 Å². The molecular formula is C24H42O6. The summed E-state index contributed by atoms with van der Waals surface area (Å²) in [5.74, 6) is 2.40. The van der Waals surface area contributed by atoms with Gasteiger partial charge in [-0.3, -0.25) is 0 Å². The first-order valence-electron chi connectivity index (χ1n) is 11.3. The van der Waals surface area contributed by atoms with Crippen LogP contribution in [0.25, 0.3) is 0 Å². The fraction of sp³-hybridized carbons (Fsp3) is 0.833. The third-order valence-corrected chi connectivity index (χ3v) is 6.38. The van der Waals surface area contributed by atoms with Gasteiger partial charge in [0, 0.05) is 27.4 Å². The zero-order valence-corrected chi connectivity index (χ0v) is 19.0. The van der Waals surface area contributed by atoms with Gasteiger partial charge in [-0.1, -0.05) is 12.2 Å². The van der Waals surface area contributed by atoms with Crippen molar-refractivity contribution in [1.29, 1.82) is 0 Å². The monoisotopic (exact) mass is 426 g/mol. The predicted molar refractivity (Wildman–Crippen MR) is 118 cm³/mol. The Labute approximate surface area is 182 Å². The highest BCUT2D eigenvalue weighted by Crippen LogP contribution is 2.46. The highest BCUT2D eigenvalue weighted by atomic mass is 16.6. The summed E-state index contributed by atoms with van der Waals surface area (Å²) in [5.41, 5.74) is 0. The van der Waals surface area contributed by atoms with Crippen molar-refractivity contribution in [2.45, 2.75) is 37.9 Å².